The third kappa shape index (κ3) is 3.49. The van der Waals surface area contributed by atoms with E-state index in [4.69, 9.17) is 11.6 Å². The Morgan fingerprint density at radius 3 is 2.67 bits per heavy atom. The average Bonchev–Trinajstić information content (AvgIpc) is 3.26. The topological polar surface area (TPSA) is 66.9 Å². The van der Waals surface area contributed by atoms with Crippen molar-refractivity contribution in [3.63, 3.8) is 0 Å². The summed E-state index contributed by atoms with van der Waals surface area (Å²) in [5, 5.41) is 14.6. The number of aromatic nitrogens is 2. The molecule has 21 heavy (non-hydrogen) atoms. The van der Waals surface area contributed by atoms with Crippen LogP contribution < -0.4 is 10.6 Å². The standard InChI is InChI=1S/C15H15ClN4O/c1-9-8-10(16)2-5-12(9)18-15(21)13-6-7-14(20-19-13)17-11-3-4-11/h2,5-8,11H,3-4H2,1H3,(H,17,20)(H,18,21). The Hall–Kier alpha value is -2.14. The van der Waals surface area contributed by atoms with Crippen LogP contribution in [0.4, 0.5) is 11.5 Å². The number of nitrogens with zero attached hydrogens (tertiary/aromatic N) is 2. The van der Waals surface area contributed by atoms with Gasteiger partial charge in [-0.3, -0.25) is 4.79 Å². The van der Waals surface area contributed by atoms with Gasteiger partial charge in [-0.15, -0.1) is 10.2 Å². The minimum Gasteiger partial charge on any atom is -0.366 e. The number of amides is 1. The first kappa shape index (κ1) is 13.8. The quantitative estimate of drug-likeness (QED) is 0.909. The van der Waals surface area contributed by atoms with E-state index in [1.165, 1.54) is 12.8 Å². The fraction of sp³-hybridized carbons (Fsp3) is 0.267. The molecular weight excluding hydrogens is 288 g/mol. The van der Waals surface area contributed by atoms with E-state index in [1.54, 1.807) is 30.3 Å². The Morgan fingerprint density at radius 2 is 2.05 bits per heavy atom. The summed E-state index contributed by atoms with van der Waals surface area (Å²) in [5.41, 5.74) is 1.90. The largest absolute Gasteiger partial charge is 0.366 e. The van der Waals surface area contributed by atoms with Gasteiger partial charge in [0.25, 0.3) is 5.91 Å². The fourth-order valence-electron chi connectivity index (χ4n) is 1.92. The van der Waals surface area contributed by atoms with Crippen LogP contribution in [-0.2, 0) is 0 Å². The summed E-state index contributed by atoms with van der Waals surface area (Å²) in [7, 11) is 0. The number of benzene rings is 1. The number of hydrogen-bond acceptors (Lipinski definition) is 4. The molecule has 108 valence electrons. The van der Waals surface area contributed by atoms with Crippen LogP contribution in [0.1, 0.15) is 28.9 Å². The van der Waals surface area contributed by atoms with Crippen molar-refractivity contribution in [3.05, 3.63) is 46.6 Å². The van der Waals surface area contributed by atoms with Crippen LogP contribution in [0.25, 0.3) is 0 Å². The first-order valence-corrected chi connectivity index (χ1v) is 7.17. The first-order valence-electron chi connectivity index (χ1n) is 6.79. The van der Waals surface area contributed by atoms with Gasteiger partial charge in [-0.05, 0) is 55.7 Å². The second-order valence-electron chi connectivity index (χ2n) is 5.14. The van der Waals surface area contributed by atoms with E-state index >= 15 is 0 Å². The molecule has 0 bridgehead atoms. The van der Waals surface area contributed by atoms with Gasteiger partial charge in [0.15, 0.2) is 5.69 Å². The third-order valence-electron chi connectivity index (χ3n) is 3.26. The number of rotatable bonds is 4. The van der Waals surface area contributed by atoms with Gasteiger partial charge in [0.2, 0.25) is 0 Å². The zero-order valence-electron chi connectivity index (χ0n) is 11.6. The molecule has 0 aliphatic heterocycles. The summed E-state index contributed by atoms with van der Waals surface area (Å²) < 4.78 is 0. The van der Waals surface area contributed by atoms with E-state index in [9.17, 15) is 4.79 Å². The third-order valence-corrected chi connectivity index (χ3v) is 3.50. The Labute approximate surface area is 127 Å². The molecule has 1 amide bonds. The van der Waals surface area contributed by atoms with E-state index < -0.39 is 0 Å². The summed E-state index contributed by atoms with van der Waals surface area (Å²) in [4.78, 5) is 12.1. The van der Waals surface area contributed by atoms with Crippen LogP contribution >= 0.6 is 11.6 Å². The van der Waals surface area contributed by atoms with Crippen LogP contribution in [0, 0.1) is 6.92 Å². The lowest BCUT2D eigenvalue weighted by Gasteiger charge is -2.08. The van der Waals surface area contributed by atoms with Gasteiger partial charge in [0.05, 0.1) is 0 Å². The van der Waals surface area contributed by atoms with E-state index in [0.717, 1.165) is 5.56 Å². The molecule has 0 saturated heterocycles. The van der Waals surface area contributed by atoms with Gasteiger partial charge < -0.3 is 10.6 Å². The van der Waals surface area contributed by atoms with Crippen molar-refractivity contribution < 1.29 is 4.79 Å². The predicted octanol–water partition coefficient (Wildman–Crippen LogP) is 3.27. The van der Waals surface area contributed by atoms with Crippen LogP contribution in [0.5, 0.6) is 0 Å². The summed E-state index contributed by atoms with van der Waals surface area (Å²) in [6.45, 7) is 1.88. The number of nitrogens with one attached hydrogen (secondary N) is 2. The zero-order valence-corrected chi connectivity index (χ0v) is 12.3. The minimum absolute atomic E-state index is 0.283. The lowest BCUT2D eigenvalue weighted by atomic mass is 10.2. The van der Waals surface area contributed by atoms with E-state index in [2.05, 4.69) is 20.8 Å². The van der Waals surface area contributed by atoms with Crippen molar-refractivity contribution in [3.8, 4) is 0 Å². The highest BCUT2D eigenvalue weighted by molar-refractivity contribution is 6.30. The van der Waals surface area contributed by atoms with Gasteiger partial charge in [0, 0.05) is 16.8 Å². The number of aryl methyl sites for hydroxylation is 1. The Kier molecular flexibility index (Phi) is 3.75. The maximum Gasteiger partial charge on any atom is 0.276 e. The Bertz CT molecular complexity index is 668. The number of hydrogen-bond donors (Lipinski definition) is 2. The predicted molar refractivity (Wildman–Crippen MR) is 82.8 cm³/mol. The smallest absolute Gasteiger partial charge is 0.276 e. The summed E-state index contributed by atoms with van der Waals surface area (Å²) >= 11 is 5.89. The molecule has 1 aromatic heterocycles. The van der Waals surface area contributed by atoms with Crippen molar-refractivity contribution in [1.82, 2.24) is 10.2 Å². The highest BCUT2D eigenvalue weighted by Gasteiger charge is 2.21. The summed E-state index contributed by atoms with van der Waals surface area (Å²) in [5.74, 6) is 0.419. The van der Waals surface area contributed by atoms with Crippen molar-refractivity contribution in [2.24, 2.45) is 0 Å². The number of carbonyl (C=O) groups is 1. The second kappa shape index (κ2) is 5.69. The van der Waals surface area contributed by atoms with Crippen molar-refractivity contribution in [2.45, 2.75) is 25.8 Å². The van der Waals surface area contributed by atoms with Crippen LogP contribution in [0.2, 0.25) is 5.02 Å². The molecule has 1 fully saturated rings. The molecule has 1 aliphatic rings. The number of halogens is 1. The second-order valence-corrected chi connectivity index (χ2v) is 5.57. The molecule has 5 nitrogen and oxygen atoms in total. The van der Waals surface area contributed by atoms with Crippen LogP contribution in [0.15, 0.2) is 30.3 Å². The molecule has 6 heteroatoms. The van der Waals surface area contributed by atoms with Gasteiger partial charge in [0.1, 0.15) is 5.82 Å². The number of anilines is 2. The van der Waals surface area contributed by atoms with Crippen molar-refractivity contribution >= 4 is 29.0 Å². The monoisotopic (exact) mass is 302 g/mol. The van der Waals surface area contributed by atoms with Crippen LogP contribution in [0.3, 0.4) is 0 Å². The molecule has 1 saturated carbocycles. The van der Waals surface area contributed by atoms with Gasteiger partial charge in [-0.1, -0.05) is 11.6 Å². The average molecular weight is 303 g/mol. The first-order chi connectivity index (χ1) is 10.1. The molecular formula is C15H15ClN4O. The lowest BCUT2D eigenvalue weighted by Crippen LogP contribution is -2.15. The molecule has 1 aromatic carbocycles. The molecule has 1 aliphatic carbocycles. The molecule has 0 atom stereocenters. The molecule has 3 rings (SSSR count). The van der Waals surface area contributed by atoms with Crippen molar-refractivity contribution in [2.75, 3.05) is 10.6 Å². The molecule has 0 radical (unpaired) electrons. The molecule has 0 spiro atoms. The Balaban J connectivity index is 1.69. The summed E-state index contributed by atoms with van der Waals surface area (Å²) in [6, 6.07) is 9.25. The lowest BCUT2D eigenvalue weighted by molar-refractivity contribution is 0.102. The van der Waals surface area contributed by atoms with Gasteiger partial charge in [-0.25, -0.2) is 0 Å². The Morgan fingerprint density at radius 1 is 1.24 bits per heavy atom. The SMILES string of the molecule is Cc1cc(Cl)ccc1NC(=O)c1ccc(NC2CC2)nn1. The molecule has 2 N–H and O–H groups in total. The van der Waals surface area contributed by atoms with Crippen LogP contribution in [-0.4, -0.2) is 22.1 Å². The molecule has 0 unspecified atom stereocenters. The van der Waals surface area contributed by atoms with Gasteiger partial charge >= 0.3 is 0 Å². The fourth-order valence-corrected chi connectivity index (χ4v) is 2.15. The van der Waals surface area contributed by atoms with E-state index in [1.807, 2.05) is 6.92 Å². The molecule has 1 heterocycles. The zero-order chi connectivity index (χ0) is 14.8. The molecule has 2 aromatic rings. The maximum absolute atomic E-state index is 12.1. The highest BCUT2D eigenvalue weighted by atomic mass is 35.5. The van der Waals surface area contributed by atoms with Crippen molar-refractivity contribution in [1.29, 1.82) is 0 Å². The summed E-state index contributed by atoms with van der Waals surface area (Å²) in [6.07, 6.45) is 2.33. The van der Waals surface area contributed by atoms with Gasteiger partial charge in [-0.2, -0.15) is 0 Å². The van der Waals surface area contributed by atoms with E-state index in [-0.39, 0.29) is 11.6 Å². The number of carbonyl (C=O) groups excluding carboxylic acids is 1. The maximum atomic E-state index is 12.1. The normalized spacial score (nSPS) is 13.8. The van der Waals surface area contributed by atoms with E-state index in [0.29, 0.717) is 22.6 Å². The highest BCUT2D eigenvalue weighted by Crippen LogP contribution is 2.23. The minimum atomic E-state index is -0.286.